The summed E-state index contributed by atoms with van der Waals surface area (Å²) in [5, 5.41) is 10.2. The molecule has 4 N–H and O–H groups in total. The van der Waals surface area contributed by atoms with Gasteiger partial charge in [0.15, 0.2) is 5.69 Å². The number of piperidine rings is 1. The van der Waals surface area contributed by atoms with E-state index >= 15 is 0 Å². The first-order valence-electron chi connectivity index (χ1n) is 13.3. The van der Waals surface area contributed by atoms with E-state index < -0.39 is 23.7 Å². The lowest BCUT2D eigenvalue weighted by Gasteiger charge is -2.34. The summed E-state index contributed by atoms with van der Waals surface area (Å²) in [6.07, 6.45) is 2.32. The number of anilines is 2. The van der Waals surface area contributed by atoms with Gasteiger partial charge in [-0.2, -0.15) is 5.10 Å². The molecule has 1 saturated heterocycles. The Hall–Kier alpha value is -4.84. The average Bonchev–Trinajstić information content (AvgIpc) is 3.67. The smallest absolute Gasteiger partial charge is 0.269 e. The minimum atomic E-state index is -0.824. The minimum Gasteiger partial charge on any atom is -0.364 e. The fourth-order valence-corrected chi connectivity index (χ4v) is 6.14. The highest BCUT2D eigenvalue weighted by molar-refractivity contribution is 6.29. The van der Waals surface area contributed by atoms with Crippen LogP contribution in [0.4, 0.5) is 15.9 Å². The van der Waals surface area contributed by atoms with E-state index in [1.54, 1.807) is 41.3 Å². The third-order valence-corrected chi connectivity index (χ3v) is 7.96. The highest BCUT2D eigenvalue weighted by Gasteiger charge is 2.51. The number of hydrogen-bond donors (Lipinski definition) is 3. The summed E-state index contributed by atoms with van der Waals surface area (Å²) < 4.78 is 15.4. The Morgan fingerprint density at radius 2 is 1.83 bits per heavy atom. The Kier molecular flexibility index (Phi) is 7.07. The second kappa shape index (κ2) is 10.9. The van der Waals surface area contributed by atoms with Crippen molar-refractivity contribution in [1.82, 2.24) is 19.7 Å². The second-order valence-corrected chi connectivity index (χ2v) is 10.7. The summed E-state index contributed by atoms with van der Waals surface area (Å²) in [7, 11) is 0. The molecule has 4 amide bonds. The Labute approximate surface area is 243 Å². The number of amides is 4. The molecule has 2 aliphatic rings. The van der Waals surface area contributed by atoms with E-state index in [9.17, 15) is 23.6 Å². The Morgan fingerprint density at radius 3 is 2.60 bits per heavy atom. The van der Waals surface area contributed by atoms with Gasteiger partial charge in [0, 0.05) is 17.1 Å². The lowest BCUT2D eigenvalue weighted by molar-refractivity contribution is -0.141. The molecule has 1 aliphatic carbocycles. The Bertz CT molecular complexity index is 1760. The summed E-state index contributed by atoms with van der Waals surface area (Å²) in [5.74, 6) is -2.54. The Morgan fingerprint density at radius 1 is 1.02 bits per heavy atom. The van der Waals surface area contributed by atoms with Gasteiger partial charge in [0.05, 0.1) is 11.1 Å². The summed E-state index contributed by atoms with van der Waals surface area (Å²) >= 11 is 5.96. The van der Waals surface area contributed by atoms with Crippen LogP contribution in [0.1, 0.15) is 40.1 Å². The number of aromatic nitrogens is 3. The maximum absolute atomic E-state index is 14.1. The molecule has 1 saturated carbocycles. The summed E-state index contributed by atoms with van der Waals surface area (Å²) in [4.78, 5) is 57.6. The number of likely N-dealkylation sites (tertiary alicyclic amines) is 1. The fourth-order valence-electron chi connectivity index (χ4n) is 5.98. The number of benzene rings is 2. The first-order valence-corrected chi connectivity index (χ1v) is 13.7. The van der Waals surface area contributed by atoms with Crippen LogP contribution in [-0.4, -0.2) is 55.4 Å². The lowest BCUT2D eigenvalue weighted by atomic mass is 9.97. The predicted molar refractivity (Wildman–Crippen MR) is 152 cm³/mol. The van der Waals surface area contributed by atoms with Crippen LogP contribution in [0.5, 0.6) is 0 Å². The monoisotopic (exact) mass is 589 g/mol. The van der Waals surface area contributed by atoms with Gasteiger partial charge in [-0.15, -0.1) is 0 Å². The Balaban J connectivity index is 1.25. The van der Waals surface area contributed by atoms with Gasteiger partial charge in [-0.25, -0.2) is 9.37 Å². The molecule has 4 aromatic rings. The quantitative estimate of drug-likeness (QED) is 0.280. The fraction of sp³-hybridized carbons (Fsp3) is 0.241. The minimum absolute atomic E-state index is 0.00861. The number of nitrogens with two attached hydrogens (primary N) is 1. The SMILES string of the molecule is NC(=O)c1nn(CC(=O)N2[C@@H]3CC[C@@H](C3)[C@H]2C(=O)Nc2cccc(Cl)n2)c2ccc(NC(=O)c3ccccc3F)cc12. The second-order valence-electron chi connectivity index (χ2n) is 10.3. The molecule has 42 heavy (non-hydrogen) atoms. The molecule has 3 atom stereocenters. The van der Waals surface area contributed by atoms with Crippen molar-refractivity contribution in [3.8, 4) is 0 Å². The molecular formula is C29H25ClFN7O4. The van der Waals surface area contributed by atoms with Gasteiger partial charge in [0.2, 0.25) is 11.8 Å². The van der Waals surface area contributed by atoms with E-state index in [1.807, 2.05) is 0 Å². The molecule has 0 radical (unpaired) electrons. The van der Waals surface area contributed by atoms with Crippen molar-refractivity contribution >= 4 is 57.6 Å². The molecule has 214 valence electrons. The predicted octanol–water partition coefficient (Wildman–Crippen LogP) is 3.59. The van der Waals surface area contributed by atoms with Crippen molar-refractivity contribution in [2.45, 2.75) is 37.9 Å². The molecule has 2 bridgehead atoms. The zero-order valence-electron chi connectivity index (χ0n) is 22.1. The number of nitrogens with one attached hydrogen (secondary N) is 2. The van der Waals surface area contributed by atoms with E-state index in [2.05, 4.69) is 20.7 Å². The number of fused-ring (bicyclic) bond motifs is 3. The molecule has 2 aromatic carbocycles. The van der Waals surface area contributed by atoms with E-state index in [0.717, 1.165) is 12.8 Å². The number of primary amides is 1. The summed E-state index contributed by atoms with van der Waals surface area (Å²) in [6.45, 7) is -0.243. The van der Waals surface area contributed by atoms with Gasteiger partial charge in [0.25, 0.3) is 11.8 Å². The third-order valence-electron chi connectivity index (χ3n) is 7.75. The molecule has 2 aromatic heterocycles. The number of rotatable bonds is 7. The van der Waals surface area contributed by atoms with E-state index in [1.165, 1.54) is 28.9 Å². The number of nitrogens with zero attached hydrogens (tertiary/aromatic N) is 4. The van der Waals surface area contributed by atoms with Gasteiger partial charge in [-0.3, -0.25) is 23.9 Å². The zero-order chi connectivity index (χ0) is 29.5. The molecule has 0 spiro atoms. The summed E-state index contributed by atoms with van der Waals surface area (Å²) in [6, 6.07) is 14.3. The largest absolute Gasteiger partial charge is 0.364 e. The highest BCUT2D eigenvalue weighted by Crippen LogP contribution is 2.43. The van der Waals surface area contributed by atoms with Crippen molar-refractivity contribution in [3.05, 3.63) is 82.9 Å². The molecule has 6 rings (SSSR count). The van der Waals surface area contributed by atoms with Crippen LogP contribution in [-0.2, 0) is 16.1 Å². The number of carbonyl (C=O) groups excluding carboxylic acids is 4. The van der Waals surface area contributed by atoms with Gasteiger partial charge in [-0.05, 0) is 67.6 Å². The first kappa shape index (κ1) is 27.3. The lowest BCUT2D eigenvalue weighted by Crippen LogP contribution is -2.52. The van der Waals surface area contributed by atoms with Crippen molar-refractivity contribution in [1.29, 1.82) is 0 Å². The summed E-state index contributed by atoms with van der Waals surface area (Å²) in [5.41, 5.74) is 6.06. The molecule has 0 unspecified atom stereocenters. The topological polar surface area (TPSA) is 152 Å². The molecule has 1 aliphatic heterocycles. The normalized spacial score (nSPS) is 19.2. The molecular weight excluding hydrogens is 565 g/mol. The molecule has 13 heteroatoms. The van der Waals surface area contributed by atoms with Gasteiger partial charge >= 0.3 is 0 Å². The number of pyridine rings is 1. The zero-order valence-corrected chi connectivity index (χ0v) is 22.8. The molecule has 11 nitrogen and oxygen atoms in total. The molecule has 2 fully saturated rings. The van der Waals surface area contributed by atoms with Crippen LogP contribution in [0.3, 0.4) is 0 Å². The van der Waals surface area contributed by atoms with Crippen LogP contribution in [0.2, 0.25) is 5.15 Å². The first-order chi connectivity index (χ1) is 20.2. The van der Waals surface area contributed by atoms with Gasteiger partial charge in [0.1, 0.15) is 29.4 Å². The van der Waals surface area contributed by atoms with Crippen LogP contribution >= 0.6 is 11.6 Å². The van der Waals surface area contributed by atoms with Crippen molar-refractivity contribution in [2.24, 2.45) is 11.7 Å². The number of halogens is 2. The van der Waals surface area contributed by atoms with Crippen LogP contribution in [0, 0.1) is 11.7 Å². The van der Waals surface area contributed by atoms with Crippen molar-refractivity contribution in [3.63, 3.8) is 0 Å². The maximum atomic E-state index is 14.1. The highest BCUT2D eigenvalue weighted by atomic mass is 35.5. The van der Waals surface area contributed by atoms with Crippen LogP contribution in [0.25, 0.3) is 10.9 Å². The van der Waals surface area contributed by atoms with Crippen molar-refractivity contribution < 1.29 is 23.6 Å². The van der Waals surface area contributed by atoms with E-state index in [0.29, 0.717) is 23.1 Å². The van der Waals surface area contributed by atoms with E-state index in [4.69, 9.17) is 17.3 Å². The van der Waals surface area contributed by atoms with Crippen molar-refractivity contribution in [2.75, 3.05) is 10.6 Å². The maximum Gasteiger partial charge on any atom is 0.269 e. The number of carbonyl (C=O) groups is 4. The van der Waals surface area contributed by atoms with E-state index in [-0.39, 0.29) is 52.4 Å². The van der Waals surface area contributed by atoms with Gasteiger partial charge in [-0.1, -0.05) is 29.8 Å². The molecule has 3 heterocycles. The average molecular weight is 590 g/mol. The number of hydrogen-bond acceptors (Lipinski definition) is 6. The van der Waals surface area contributed by atoms with Crippen LogP contribution in [0.15, 0.2) is 60.7 Å². The van der Waals surface area contributed by atoms with Crippen LogP contribution < -0.4 is 16.4 Å². The van der Waals surface area contributed by atoms with Gasteiger partial charge < -0.3 is 21.3 Å². The third kappa shape index (κ3) is 5.05. The standard InChI is InChI=1S/C29H25ClFN7O4/c30-22-6-3-7-23(34-22)35-29(42)26-15-8-10-17(12-15)38(26)24(39)14-37-21-11-9-16(13-19(21)25(36-37)27(32)40)33-28(41)18-4-1-2-5-20(18)31/h1-7,9,11,13,15,17,26H,8,10,12,14H2,(H2,32,40)(H,33,41)(H,34,35,42)/t15-,17+,26-/m0/s1.